The molecular weight excluding hydrogens is 305 g/mol. The van der Waals surface area contributed by atoms with Crippen molar-refractivity contribution in [2.45, 2.75) is 10.8 Å². The predicted molar refractivity (Wildman–Crippen MR) is 74.0 cm³/mol. The molecule has 0 amide bonds. The monoisotopic (exact) mass is 317 g/mol. The number of methoxy groups -OCH3 is 1. The van der Waals surface area contributed by atoms with Crippen LogP contribution in [-0.4, -0.2) is 20.6 Å². The highest BCUT2D eigenvalue weighted by Crippen LogP contribution is 2.26. The van der Waals surface area contributed by atoms with Crippen molar-refractivity contribution in [1.82, 2.24) is 0 Å². The van der Waals surface area contributed by atoms with Crippen molar-refractivity contribution in [2.75, 3.05) is 11.8 Å². The summed E-state index contributed by atoms with van der Waals surface area (Å²) in [7, 11) is -2.47. The summed E-state index contributed by atoms with van der Waals surface area (Å²) in [5, 5.41) is 8.94. The Morgan fingerprint density at radius 3 is 2.70 bits per heavy atom. The number of sulfonamides is 1. The van der Waals surface area contributed by atoms with Crippen molar-refractivity contribution >= 4 is 27.0 Å². The van der Waals surface area contributed by atoms with Crippen LogP contribution in [0, 0.1) is 5.82 Å². The topological polar surface area (TPSA) is 75.6 Å². The first kappa shape index (κ1) is 14.8. The number of benzene rings is 1. The molecule has 0 saturated heterocycles. The molecule has 1 heterocycles. The van der Waals surface area contributed by atoms with E-state index in [1.807, 2.05) is 0 Å². The molecule has 0 aliphatic rings. The van der Waals surface area contributed by atoms with Crippen molar-refractivity contribution in [1.29, 1.82) is 0 Å². The van der Waals surface area contributed by atoms with Crippen LogP contribution in [0.1, 0.15) is 4.88 Å². The minimum atomic E-state index is -3.76. The Morgan fingerprint density at radius 1 is 1.35 bits per heavy atom. The summed E-state index contributed by atoms with van der Waals surface area (Å²) in [4.78, 5) is 0.544. The number of nitrogens with one attached hydrogen (secondary N) is 1. The number of halogens is 1. The minimum Gasteiger partial charge on any atom is -0.494 e. The van der Waals surface area contributed by atoms with Gasteiger partial charge in [0.1, 0.15) is 4.21 Å². The zero-order valence-corrected chi connectivity index (χ0v) is 12.1. The Kier molecular flexibility index (Phi) is 4.26. The molecule has 0 fully saturated rings. The summed E-state index contributed by atoms with van der Waals surface area (Å²) in [6, 6.07) is 6.61. The van der Waals surface area contributed by atoms with E-state index in [1.54, 1.807) is 0 Å². The maximum atomic E-state index is 13.2. The number of thiophene rings is 1. The largest absolute Gasteiger partial charge is 0.494 e. The second kappa shape index (κ2) is 5.78. The van der Waals surface area contributed by atoms with Crippen LogP contribution in [0.5, 0.6) is 5.75 Å². The molecule has 0 radical (unpaired) electrons. The molecule has 108 valence electrons. The number of aliphatic hydroxyl groups is 1. The summed E-state index contributed by atoms with van der Waals surface area (Å²) in [6.07, 6.45) is 0. The van der Waals surface area contributed by atoms with Crippen LogP contribution in [0.2, 0.25) is 0 Å². The van der Waals surface area contributed by atoms with Crippen LogP contribution in [0.3, 0.4) is 0 Å². The lowest BCUT2D eigenvalue weighted by molar-refractivity contribution is 0.285. The zero-order chi connectivity index (χ0) is 14.8. The number of aliphatic hydroxyl groups excluding tert-OH is 1. The predicted octanol–water partition coefficient (Wildman–Crippen LogP) is 2.19. The Bertz CT molecular complexity index is 712. The van der Waals surface area contributed by atoms with E-state index in [0.717, 1.165) is 17.4 Å². The number of hydrogen-bond acceptors (Lipinski definition) is 5. The van der Waals surface area contributed by atoms with Crippen molar-refractivity contribution in [3.05, 3.63) is 41.0 Å². The Hall–Kier alpha value is -1.64. The van der Waals surface area contributed by atoms with Gasteiger partial charge in [0.05, 0.1) is 19.4 Å². The minimum absolute atomic E-state index is 0.0487. The summed E-state index contributed by atoms with van der Waals surface area (Å²) in [6.45, 7) is -0.218. The molecule has 20 heavy (non-hydrogen) atoms. The highest BCUT2D eigenvalue weighted by Gasteiger charge is 2.17. The second-order valence-corrected chi connectivity index (χ2v) is 6.91. The fourth-order valence-corrected chi connectivity index (χ4v) is 3.78. The Balaban J connectivity index is 2.28. The van der Waals surface area contributed by atoms with E-state index in [2.05, 4.69) is 4.72 Å². The van der Waals surface area contributed by atoms with Crippen LogP contribution in [0.4, 0.5) is 10.1 Å². The lowest BCUT2D eigenvalue weighted by atomic mass is 10.3. The molecule has 0 atom stereocenters. The van der Waals surface area contributed by atoms with E-state index in [1.165, 1.54) is 31.4 Å². The van der Waals surface area contributed by atoms with Gasteiger partial charge >= 0.3 is 0 Å². The van der Waals surface area contributed by atoms with Gasteiger partial charge < -0.3 is 9.84 Å². The number of rotatable bonds is 5. The van der Waals surface area contributed by atoms with Gasteiger partial charge in [0.25, 0.3) is 10.0 Å². The zero-order valence-electron chi connectivity index (χ0n) is 10.5. The van der Waals surface area contributed by atoms with E-state index in [9.17, 15) is 12.8 Å². The first-order chi connectivity index (χ1) is 9.46. The summed E-state index contributed by atoms with van der Waals surface area (Å²) >= 11 is 0.966. The first-order valence-electron chi connectivity index (χ1n) is 5.52. The maximum Gasteiger partial charge on any atom is 0.271 e. The maximum absolute atomic E-state index is 13.2. The molecule has 2 N–H and O–H groups in total. The molecule has 0 unspecified atom stereocenters. The molecule has 2 rings (SSSR count). The normalized spacial score (nSPS) is 11.3. The molecule has 0 bridgehead atoms. The molecule has 1 aromatic carbocycles. The molecule has 5 nitrogen and oxygen atoms in total. The third kappa shape index (κ3) is 3.09. The van der Waals surface area contributed by atoms with Gasteiger partial charge in [-0.3, -0.25) is 4.72 Å². The van der Waals surface area contributed by atoms with Gasteiger partial charge in [0.2, 0.25) is 0 Å². The lowest BCUT2D eigenvalue weighted by Crippen LogP contribution is -2.11. The van der Waals surface area contributed by atoms with Gasteiger partial charge in [-0.1, -0.05) is 0 Å². The van der Waals surface area contributed by atoms with Crippen molar-refractivity contribution in [3.8, 4) is 5.75 Å². The third-order valence-corrected chi connectivity index (χ3v) is 5.40. The standard InChI is InChI=1S/C12H12FNO4S2/c1-18-11-6-8(2-4-10(11)13)14-20(16,17)12-5-3-9(7-15)19-12/h2-6,14-15H,7H2,1H3. The second-order valence-electron chi connectivity index (χ2n) is 3.83. The van der Waals surface area contributed by atoms with Gasteiger partial charge in [-0.05, 0) is 24.3 Å². The van der Waals surface area contributed by atoms with Crippen molar-refractivity contribution < 1.29 is 22.7 Å². The third-order valence-electron chi connectivity index (χ3n) is 2.46. The van der Waals surface area contributed by atoms with Crippen LogP contribution >= 0.6 is 11.3 Å². The molecule has 1 aromatic heterocycles. The average Bonchev–Trinajstić information content (AvgIpc) is 2.90. The number of anilines is 1. The Labute approximate surface area is 119 Å². The fraction of sp³-hybridized carbons (Fsp3) is 0.167. The summed E-state index contributed by atoms with van der Waals surface area (Å²) in [5.41, 5.74) is 0.196. The Morgan fingerprint density at radius 2 is 2.10 bits per heavy atom. The molecule has 0 saturated carbocycles. The smallest absolute Gasteiger partial charge is 0.271 e. The van der Waals surface area contributed by atoms with Gasteiger partial charge in [-0.25, -0.2) is 12.8 Å². The summed E-state index contributed by atoms with van der Waals surface area (Å²) < 4.78 is 44.6. The fourth-order valence-electron chi connectivity index (χ4n) is 1.52. The number of ether oxygens (including phenoxy) is 1. The van der Waals surface area contributed by atoms with Gasteiger partial charge in [-0.2, -0.15) is 0 Å². The molecular formula is C12H12FNO4S2. The van der Waals surface area contributed by atoms with E-state index >= 15 is 0 Å². The first-order valence-corrected chi connectivity index (χ1v) is 7.82. The van der Waals surface area contributed by atoms with E-state index in [4.69, 9.17) is 9.84 Å². The molecule has 0 aliphatic heterocycles. The van der Waals surface area contributed by atoms with Crippen molar-refractivity contribution in [3.63, 3.8) is 0 Å². The van der Waals surface area contributed by atoms with Crippen LogP contribution in [-0.2, 0) is 16.6 Å². The SMILES string of the molecule is COc1cc(NS(=O)(=O)c2ccc(CO)s2)ccc1F. The van der Waals surface area contributed by atoms with E-state index in [-0.39, 0.29) is 22.3 Å². The quantitative estimate of drug-likeness (QED) is 0.886. The lowest BCUT2D eigenvalue weighted by Gasteiger charge is -2.08. The highest BCUT2D eigenvalue weighted by molar-refractivity contribution is 7.94. The molecule has 0 aliphatic carbocycles. The average molecular weight is 317 g/mol. The van der Waals surface area contributed by atoms with Crippen LogP contribution in [0.15, 0.2) is 34.5 Å². The molecule has 2 aromatic rings. The van der Waals surface area contributed by atoms with Gasteiger partial charge in [-0.15, -0.1) is 11.3 Å². The van der Waals surface area contributed by atoms with E-state index in [0.29, 0.717) is 4.88 Å². The molecule has 0 spiro atoms. The van der Waals surface area contributed by atoms with Crippen LogP contribution in [0.25, 0.3) is 0 Å². The van der Waals surface area contributed by atoms with Crippen LogP contribution < -0.4 is 9.46 Å². The summed E-state index contributed by atoms with van der Waals surface area (Å²) in [5.74, 6) is -0.624. The molecule has 8 heteroatoms. The van der Waals surface area contributed by atoms with Gasteiger partial charge in [0, 0.05) is 10.9 Å². The van der Waals surface area contributed by atoms with E-state index < -0.39 is 15.8 Å². The van der Waals surface area contributed by atoms with Crippen molar-refractivity contribution in [2.24, 2.45) is 0 Å². The highest BCUT2D eigenvalue weighted by atomic mass is 32.2. The van der Waals surface area contributed by atoms with Gasteiger partial charge in [0.15, 0.2) is 11.6 Å². The number of hydrogen-bond donors (Lipinski definition) is 2.